The SMILES string of the molecule is CC/C=C(/C)C(=O)[C@@H](C#N)c1nc(C)cs1. The van der Waals surface area contributed by atoms with Crippen LogP contribution < -0.4 is 0 Å². The molecule has 0 aliphatic heterocycles. The largest absolute Gasteiger partial charge is 0.293 e. The van der Waals surface area contributed by atoms with E-state index in [-0.39, 0.29) is 5.78 Å². The van der Waals surface area contributed by atoms with Crippen LogP contribution in [0.15, 0.2) is 17.0 Å². The van der Waals surface area contributed by atoms with Crippen molar-refractivity contribution in [2.45, 2.75) is 33.1 Å². The molecule has 0 bridgehead atoms. The fourth-order valence-corrected chi connectivity index (χ4v) is 2.20. The van der Waals surface area contributed by atoms with Crippen molar-refractivity contribution in [2.24, 2.45) is 0 Å². The quantitative estimate of drug-likeness (QED) is 0.752. The fourth-order valence-electron chi connectivity index (χ4n) is 1.37. The summed E-state index contributed by atoms with van der Waals surface area (Å²) < 4.78 is 0. The maximum absolute atomic E-state index is 11.9. The molecule has 0 radical (unpaired) electrons. The molecule has 4 heteroatoms. The summed E-state index contributed by atoms with van der Waals surface area (Å²) in [4.78, 5) is 16.1. The van der Waals surface area contributed by atoms with Crippen LogP contribution >= 0.6 is 11.3 Å². The molecule has 16 heavy (non-hydrogen) atoms. The highest BCUT2D eigenvalue weighted by atomic mass is 32.1. The molecule has 1 rings (SSSR count). The molecule has 0 N–H and O–H groups in total. The van der Waals surface area contributed by atoms with E-state index in [1.54, 1.807) is 6.92 Å². The normalized spacial score (nSPS) is 13.2. The van der Waals surface area contributed by atoms with Crippen LogP contribution in [0.2, 0.25) is 0 Å². The van der Waals surface area contributed by atoms with Crippen LogP contribution in [0.25, 0.3) is 0 Å². The van der Waals surface area contributed by atoms with Crippen LogP contribution in [0.1, 0.15) is 36.9 Å². The Labute approximate surface area is 99.4 Å². The fraction of sp³-hybridized carbons (Fsp3) is 0.417. The Morgan fingerprint density at radius 3 is 2.88 bits per heavy atom. The molecule has 1 heterocycles. The lowest BCUT2D eigenvalue weighted by molar-refractivity contribution is -0.115. The number of thiazole rings is 1. The number of Topliss-reactive ketones (excluding diaryl/α,β-unsaturated/α-hetero) is 1. The van der Waals surface area contributed by atoms with Gasteiger partial charge in [0.25, 0.3) is 0 Å². The number of carbonyl (C=O) groups excluding carboxylic acids is 1. The van der Waals surface area contributed by atoms with Gasteiger partial charge in [-0.15, -0.1) is 11.3 Å². The zero-order chi connectivity index (χ0) is 12.1. The molecule has 0 unspecified atom stereocenters. The summed E-state index contributed by atoms with van der Waals surface area (Å²) in [5, 5.41) is 11.5. The predicted octanol–water partition coefficient (Wildman–Crippen LogP) is 2.98. The van der Waals surface area contributed by atoms with Gasteiger partial charge in [0.1, 0.15) is 5.01 Å². The highest BCUT2D eigenvalue weighted by molar-refractivity contribution is 7.10. The number of nitriles is 1. The van der Waals surface area contributed by atoms with Gasteiger partial charge in [0.05, 0.1) is 6.07 Å². The molecular weight excluding hydrogens is 220 g/mol. The first-order valence-corrected chi connectivity index (χ1v) is 6.00. The molecule has 1 aromatic rings. The Hall–Kier alpha value is -1.47. The third-order valence-corrected chi connectivity index (χ3v) is 3.20. The molecule has 0 spiro atoms. The standard InChI is InChI=1S/C12H14N2OS/c1-4-5-8(2)11(15)10(6-13)12-14-9(3)7-16-12/h5,7,10H,4H2,1-3H3/b8-5-/t10-/m1/s1. The highest BCUT2D eigenvalue weighted by Crippen LogP contribution is 2.23. The van der Waals surface area contributed by atoms with E-state index in [0.29, 0.717) is 10.6 Å². The molecule has 3 nitrogen and oxygen atoms in total. The molecule has 0 saturated carbocycles. The lowest BCUT2D eigenvalue weighted by atomic mass is 10.00. The van der Waals surface area contributed by atoms with E-state index in [0.717, 1.165) is 12.1 Å². The van der Waals surface area contributed by atoms with E-state index in [1.807, 2.05) is 31.4 Å². The van der Waals surface area contributed by atoms with Crippen LogP contribution in [0.5, 0.6) is 0 Å². The molecule has 1 aromatic heterocycles. The zero-order valence-corrected chi connectivity index (χ0v) is 10.5. The number of hydrogen-bond acceptors (Lipinski definition) is 4. The number of hydrogen-bond donors (Lipinski definition) is 0. The third kappa shape index (κ3) is 2.77. The second kappa shape index (κ2) is 5.57. The van der Waals surface area contributed by atoms with Gasteiger partial charge >= 0.3 is 0 Å². The summed E-state index contributed by atoms with van der Waals surface area (Å²) in [5.74, 6) is -0.889. The predicted molar refractivity (Wildman–Crippen MR) is 64.3 cm³/mol. The lowest BCUT2D eigenvalue weighted by Crippen LogP contribution is -2.11. The molecule has 0 aromatic carbocycles. The van der Waals surface area contributed by atoms with Crippen LogP contribution in [-0.2, 0) is 4.79 Å². The van der Waals surface area contributed by atoms with Crippen molar-refractivity contribution in [3.05, 3.63) is 27.7 Å². The van der Waals surface area contributed by atoms with Crippen molar-refractivity contribution in [1.29, 1.82) is 5.26 Å². The van der Waals surface area contributed by atoms with Crippen molar-refractivity contribution < 1.29 is 4.79 Å². The summed E-state index contributed by atoms with van der Waals surface area (Å²) >= 11 is 1.36. The van der Waals surface area contributed by atoms with E-state index in [9.17, 15) is 4.79 Å². The topological polar surface area (TPSA) is 53.8 Å². The van der Waals surface area contributed by atoms with Gasteiger partial charge < -0.3 is 0 Å². The number of aryl methyl sites for hydroxylation is 1. The number of rotatable bonds is 4. The Morgan fingerprint density at radius 2 is 2.44 bits per heavy atom. The Morgan fingerprint density at radius 1 is 1.75 bits per heavy atom. The zero-order valence-electron chi connectivity index (χ0n) is 9.65. The van der Waals surface area contributed by atoms with E-state index in [1.165, 1.54) is 11.3 Å². The molecular formula is C12H14N2OS. The second-order valence-corrected chi connectivity index (χ2v) is 4.44. The van der Waals surface area contributed by atoms with Gasteiger partial charge in [0, 0.05) is 11.1 Å². The minimum absolute atomic E-state index is 0.140. The Kier molecular flexibility index (Phi) is 4.39. The molecule has 1 atom stereocenters. The maximum atomic E-state index is 11.9. The van der Waals surface area contributed by atoms with Crippen LogP contribution in [0.3, 0.4) is 0 Å². The van der Waals surface area contributed by atoms with Crippen LogP contribution in [0, 0.1) is 18.3 Å². The van der Waals surface area contributed by atoms with Gasteiger partial charge in [-0.1, -0.05) is 13.0 Å². The minimum atomic E-state index is -0.749. The average molecular weight is 234 g/mol. The van der Waals surface area contributed by atoms with Gasteiger partial charge in [-0.05, 0) is 25.8 Å². The van der Waals surface area contributed by atoms with E-state index in [4.69, 9.17) is 5.26 Å². The summed E-state index contributed by atoms with van der Waals surface area (Å²) in [5.41, 5.74) is 1.49. The van der Waals surface area contributed by atoms with Crippen LogP contribution in [0.4, 0.5) is 0 Å². The summed E-state index contributed by atoms with van der Waals surface area (Å²) in [6, 6.07) is 2.03. The van der Waals surface area contributed by atoms with Gasteiger partial charge in [0.15, 0.2) is 11.7 Å². The maximum Gasteiger partial charge on any atom is 0.182 e. The summed E-state index contributed by atoms with van der Waals surface area (Å²) in [7, 11) is 0. The first kappa shape index (κ1) is 12.6. The number of carbonyl (C=O) groups is 1. The monoisotopic (exact) mass is 234 g/mol. The lowest BCUT2D eigenvalue weighted by Gasteiger charge is -2.04. The number of allylic oxidation sites excluding steroid dienone is 2. The van der Waals surface area contributed by atoms with Crippen molar-refractivity contribution in [3.8, 4) is 6.07 Å². The Bertz CT molecular complexity index is 454. The summed E-state index contributed by atoms with van der Waals surface area (Å²) in [6.45, 7) is 5.57. The smallest absolute Gasteiger partial charge is 0.182 e. The van der Waals surface area contributed by atoms with Crippen LogP contribution in [-0.4, -0.2) is 10.8 Å². The molecule has 0 fully saturated rings. The average Bonchev–Trinajstić information content (AvgIpc) is 2.66. The third-order valence-electron chi connectivity index (χ3n) is 2.17. The van der Waals surface area contributed by atoms with E-state index < -0.39 is 5.92 Å². The number of aromatic nitrogens is 1. The summed E-state index contributed by atoms with van der Waals surface area (Å²) in [6.07, 6.45) is 2.64. The van der Waals surface area contributed by atoms with E-state index >= 15 is 0 Å². The number of nitrogens with zero attached hydrogens (tertiary/aromatic N) is 2. The molecule has 0 saturated heterocycles. The molecule has 84 valence electrons. The first-order chi connectivity index (χ1) is 7.60. The van der Waals surface area contributed by atoms with Gasteiger partial charge in [-0.25, -0.2) is 4.98 Å². The second-order valence-electron chi connectivity index (χ2n) is 3.55. The number of ketones is 1. The molecule has 0 amide bonds. The first-order valence-electron chi connectivity index (χ1n) is 5.12. The molecule has 0 aliphatic rings. The van der Waals surface area contributed by atoms with Gasteiger partial charge in [0.2, 0.25) is 0 Å². The van der Waals surface area contributed by atoms with Crippen molar-refractivity contribution in [3.63, 3.8) is 0 Å². The van der Waals surface area contributed by atoms with Crippen molar-refractivity contribution in [1.82, 2.24) is 4.98 Å². The van der Waals surface area contributed by atoms with E-state index in [2.05, 4.69) is 4.98 Å². The Balaban J connectivity index is 2.97. The minimum Gasteiger partial charge on any atom is -0.293 e. The van der Waals surface area contributed by atoms with Gasteiger partial charge in [-0.3, -0.25) is 4.79 Å². The highest BCUT2D eigenvalue weighted by Gasteiger charge is 2.23. The van der Waals surface area contributed by atoms with Gasteiger partial charge in [-0.2, -0.15) is 5.26 Å². The molecule has 0 aliphatic carbocycles. The van der Waals surface area contributed by atoms with Crippen molar-refractivity contribution >= 4 is 17.1 Å². The van der Waals surface area contributed by atoms with Crippen molar-refractivity contribution in [2.75, 3.05) is 0 Å².